The van der Waals surface area contributed by atoms with Crippen molar-refractivity contribution in [3.8, 4) is 0 Å². The Bertz CT molecular complexity index is 498. The van der Waals surface area contributed by atoms with Crippen molar-refractivity contribution in [1.29, 1.82) is 0 Å². The SMILES string of the molecule is CCC1(C)C(=O)NC(=O)N1Cc1ccccc1C. The van der Waals surface area contributed by atoms with Gasteiger partial charge in [-0.25, -0.2) is 4.79 Å². The van der Waals surface area contributed by atoms with E-state index >= 15 is 0 Å². The number of aryl methyl sites for hydroxylation is 1. The van der Waals surface area contributed by atoms with Crippen molar-refractivity contribution >= 4 is 11.9 Å². The van der Waals surface area contributed by atoms with Crippen LogP contribution in [-0.2, 0) is 11.3 Å². The third-order valence-corrected chi connectivity index (χ3v) is 3.83. The predicted molar refractivity (Wildman–Crippen MR) is 69.0 cm³/mol. The maximum atomic E-state index is 11.9. The van der Waals surface area contributed by atoms with Gasteiger partial charge in [0.25, 0.3) is 5.91 Å². The Labute approximate surface area is 107 Å². The highest BCUT2D eigenvalue weighted by Gasteiger charge is 2.47. The first-order valence-corrected chi connectivity index (χ1v) is 6.16. The minimum atomic E-state index is -0.737. The van der Waals surface area contributed by atoms with Crippen LogP contribution in [0, 0.1) is 6.92 Å². The first-order chi connectivity index (χ1) is 8.49. The van der Waals surface area contributed by atoms with Crippen LogP contribution in [0.3, 0.4) is 0 Å². The second-order valence-electron chi connectivity index (χ2n) is 4.90. The van der Waals surface area contributed by atoms with Gasteiger partial charge >= 0.3 is 6.03 Å². The Morgan fingerprint density at radius 1 is 1.28 bits per heavy atom. The molecule has 1 aromatic rings. The summed E-state index contributed by atoms with van der Waals surface area (Å²) in [4.78, 5) is 25.3. The number of amides is 3. The van der Waals surface area contributed by atoms with Crippen molar-refractivity contribution in [3.05, 3.63) is 35.4 Å². The monoisotopic (exact) mass is 246 g/mol. The summed E-state index contributed by atoms with van der Waals surface area (Å²) in [7, 11) is 0. The summed E-state index contributed by atoms with van der Waals surface area (Å²) in [5.74, 6) is -0.205. The number of imide groups is 1. The van der Waals surface area contributed by atoms with Gasteiger partial charge in [-0.05, 0) is 31.4 Å². The Morgan fingerprint density at radius 2 is 1.94 bits per heavy atom. The molecule has 18 heavy (non-hydrogen) atoms. The van der Waals surface area contributed by atoms with Gasteiger partial charge in [-0.2, -0.15) is 0 Å². The van der Waals surface area contributed by atoms with Gasteiger partial charge < -0.3 is 4.90 Å². The summed E-state index contributed by atoms with van der Waals surface area (Å²) >= 11 is 0. The second-order valence-corrected chi connectivity index (χ2v) is 4.90. The van der Waals surface area contributed by atoms with Crippen LogP contribution in [0.4, 0.5) is 4.79 Å². The van der Waals surface area contributed by atoms with E-state index in [0.717, 1.165) is 11.1 Å². The topological polar surface area (TPSA) is 49.4 Å². The highest BCUT2D eigenvalue weighted by atomic mass is 16.2. The molecule has 0 bridgehead atoms. The molecule has 0 aromatic heterocycles. The molecule has 3 amide bonds. The van der Waals surface area contributed by atoms with E-state index in [1.165, 1.54) is 0 Å². The van der Waals surface area contributed by atoms with E-state index in [9.17, 15) is 9.59 Å². The number of rotatable bonds is 3. The summed E-state index contributed by atoms with van der Waals surface area (Å²) in [5, 5.41) is 2.40. The Hall–Kier alpha value is -1.84. The van der Waals surface area contributed by atoms with Gasteiger partial charge in [-0.3, -0.25) is 10.1 Å². The number of carbonyl (C=O) groups excluding carboxylic acids is 2. The molecule has 96 valence electrons. The summed E-state index contributed by atoms with van der Waals surface area (Å²) < 4.78 is 0. The number of hydrogen-bond donors (Lipinski definition) is 1. The molecule has 4 heteroatoms. The van der Waals surface area contributed by atoms with E-state index in [1.54, 1.807) is 4.90 Å². The van der Waals surface area contributed by atoms with Gasteiger partial charge in [-0.1, -0.05) is 31.2 Å². The van der Waals surface area contributed by atoms with Crippen LogP contribution in [0.25, 0.3) is 0 Å². The zero-order chi connectivity index (χ0) is 13.3. The molecule has 0 saturated carbocycles. The molecule has 1 atom stereocenters. The molecule has 4 nitrogen and oxygen atoms in total. The lowest BCUT2D eigenvalue weighted by molar-refractivity contribution is -0.126. The van der Waals surface area contributed by atoms with E-state index in [-0.39, 0.29) is 11.9 Å². The van der Waals surface area contributed by atoms with Crippen molar-refractivity contribution < 1.29 is 9.59 Å². The van der Waals surface area contributed by atoms with Gasteiger partial charge in [-0.15, -0.1) is 0 Å². The summed E-state index contributed by atoms with van der Waals surface area (Å²) in [6.45, 7) is 6.21. The molecule has 1 N–H and O–H groups in total. The third-order valence-electron chi connectivity index (χ3n) is 3.83. The van der Waals surface area contributed by atoms with Crippen molar-refractivity contribution in [2.45, 2.75) is 39.3 Å². The van der Waals surface area contributed by atoms with Crippen LogP contribution in [0.1, 0.15) is 31.4 Å². The molecule has 0 radical (unpaired) electrons. The van der Waals surface area contributed by atoms with Crippen molar-refractivity contribution in [2.75, 3.05) is 0 Å². The summed E-state index contributed by atoms with van der Waals surface area (Å²) in [6.07, 6.45) is 0.608. The molecule has 1 aliphatic rings. The van der Waals surface area contributed by atoms with Gasteiger partial charge in [0, 0.05) is 6.54 Å². The summed E-state index contributed by atoms with van der Waals surface area (Å²) in [5.41, 5.74) is 1.46. The molecule has 1 unspecified atom stereocenters. The molecule has 0 aliphatic carbocycles. The largest absolute Gasteiger partial charge is 0.325 e. The number of nitrogens with one attached hydrogen (secondary N) is 1. The minimum Gasteiger partial charge on any atom is -0.306 e. The molecule has 1 heterocycles. The first-order valence-electron chi connectivity index (χ1n) is 6.16. The van der Waals surface area contributed by atoms with Crippen molar-refractivity contribution in [2.24, 2.45) is 0 Å². The first kappa shape index (κ1) is 12.6. The van der Waals surface area contributed by atoms with E-state index in [0.29, 0.717) is 13.0 Å². The molecular formula is C14H18N2O2. The Morgan fingerprint density at radius 3 is 2.56 bits per heavy atom. The fourth-order valence-corrected chi connectivity index (χ4v) is 2.20. The van der Waals surface area contributed by atoms with E-state index in [4.69, 9.17) is 0 Å². The molecule has 1 aromatic carbocycles. The van der Waals surface area contributed by atoms with Crippen LogP contribution >= 0.6 is 0 Å². The van der Waals surface area contributed by atoms with Gasteiger partial charge in [0.15, 0.2) is 0 Å². The Balaban J connectivity index is 2.30. The number of urea groups is 1. The fourth-order valence-electron chi connectivity index (χ4n) is 2.20. The highest BCUT2D eigenvalue weighted by Crippen LogP contribution is 2.27. The van der Waals surface area contributed by atoms with Gasteiger partial charge in [0.05, 0.1) is 0 Å². The van der Waals surface area contributed by atoms with Gasteiger partial charge in [0.2, 0.25) is 0 Å². The van der Waals surface area contributed by atoms with E-state index in [1.807, 2.05) is 45.0 Å². The molecule has 0 spiro atoms. The maximum absolute atomic E-state index is 11.9. The zero-order valence-electron chi connectivity index (χ0n) is 11.0. The van der Waals surface area contributed by atoms with Crippen LogP contribution in [-0.4, -0.2) is 22.4 Å². The quantitative estimate of drug-likeness (QED) is 0.831. The van der Waals surface area contributed by atoms with Crippen LogP contribution < -0.4 is 5.32 Å². The zero-order valence-corrected chi connectivity index (χ0v) is 11.0. The predicted octanol–water partition coefficient (Wildman–Crippen LogP) is 2.22. The standard InChI is InChI=1S/C14H18N2O2/c1-4-14(3)12(17)15-13(18)16(14)9-11-8-6-5-7-10(11)2/h5-8H,4,9H2,1-3H3,(H,15,17,18). The molecule has 1 aliphatic heterocycles. The normalized spacial score (nSPS) is 23.4. The van der Waals surface area contributed by atoms with Crippen LogP contribution in [0.2, 0.25) is 0 Å². The van der Waals surface area contributed by atoms with Gasteiger partial charge in [0.1, 0.15) is 5.54 Å². The fraction of sp³-hybridized carbons (Fsp3) is 0.429. The van der Waals surface area contributed by atoms with Crippen LogP contribution in [0.5, 0.6) is 0 Å². The number of hydrogen-bond acceptors (Lipinski definition) is 2. The average molecular weight is 246 g/mol. The van der Waals surface area contributed by atoms with Crippen molar-refractivity contribution in [3.63, 3.8) is 0 Å². The maximum Gasteiger partial charge on any atom is 0.325 e. The lowest BCUT2D eigenvalue weighted by atomic mass is 9.96. The minimum absolute atomic E-state index is 0.205. The number of carbonyl (C=O) groups is 2. The lowest BCUT2D eigenvalue weighted by Crippen LogP contribution is -2.46. The molecule has 1 saturated heterocycles. The van der Waals surface area contributed by atoms with Crippen molar-refractivity contribution in [1.82, 2.24) is 10.2 Å². The van der Waals surface area contributed by atoms with E-state index in [2.05, 4.69) is 5.32 Å². The molecule has 1 fully saturated rings. The Kier molecular flexibility index (Phi) is 3.11. The second kappa shape index (κ2) is 4.44. The van der Waals surface area contributed by atoms with Crippen LogP contribution in [0.15, 0.2) is 24.3 Å². The summed E-state index contributed by atoms with van der Waals surface area (Å²) in [6, 6.07) is 7.61. The number of nitrogens with zero attached hydrogens (tertiary/aromatic N) is 1. The van der Waals surface area contributed by atoms with E-state index < -0.39 is 5.54 Å². The third kappa shape index (κ3) is 1.88. The highest BCUT2D eigenvalue weighted by molar-refractivity contribution is 6.06. The number of benzene rings is 1. The smallest absolute Gasteiger partial charge is 0.306 e. The lowest BCUT2D eigenvalue weighted by Gasteiger charge is -2.31. The molecule has 2 rings (SSSR count). The average Bonchev–Trinajstić information content (AvgIpc) is 2.56. The molecular weight excluding hydrogens is 228 g/mol.